The summed E-state index contributed by atoms with van der Waals surface area (Å²) in [4.78, 5) is 0. The highest BCUT2D eigenvalue weighted by Gasteiger charge is 2.23. The van der Waals surface area contributed by atoms with E-state index in [0.717, 1.165) is 37.0 Å². The first-order chi connectivity index (χ1) is 9.36. The summed E-state index contributed by atoms with van der Waals surface area (Å²) in [6.07, 6.45) is 6.65. The minimum Gasteiger partial charge on any atom is -0.493 e. The van der Waals surface area contributed by atoms with Crippen LogP contribution in [0, 0.1) is 5.92 Å². The van der Waals surface area contributed by atoms with E-state index in [1.807, 2.05) is 12.1 Å². The topological polar surface area (TPSA) is 30.5 Å². The average Bonchev–Trinajstić information content (AvgIpc) is 2.97. The smallest absolute Gasteiger partial charge is 0.164 e. The Balaban J connectivity index is 1.59. The Kier molecular flexibility index (Phi) is 3.92. The summed E-state index contributed by atoms with van der Waals surface area (Å²) in [5.41, 5.74) is 1.26. The quantitative estimate of drug-likeness (QED) is 0.904. The fourth-order valence-electron chi connectivity index (χ4n) is 3.23. The molecule has 19 heavy (non-hydrogen) atoms. The molecule has 1 heterocycles. The summed E-state index contributed by atoms with van der Waals surface area (Å²) in [6.45, 7) is 1.90. The molecule has 3 nitrogen and oxygen atoms in total. The predicted octanol–water partition coefficient (Wildman–Crippen LogP) is 2.78. The molecule has 3 heteroatoms. The molecule has 104 valence electrons. The second-order valence-electron chi connectivity index (χ2n) is 5.72. The van der Waals surface area contributed by atoms with Crippen LogP contribution in [0.3, 0.4) is 0 Å². The molecule has 1 unspecified atom stereocenters. The van der Waals surface area contributed by atoms with Gasteiger partial charge >= 0.3 is 0 Å². The Morgan fingerprint density at radius 2 is 2.16 bits per heavy atom. The molecule has 0 bridgehead atoms. The van der Waals surface area contributed by atoms with Gasteiger partial charge in [-0.05, 0) is 43.4 Å². The molecule has 1 saturated carbocycles. The standard InChI is InChI=1S/C16H23NO2/c1-18-15-8-4-7-13-9-14(11-19-16(13)15)17-10-12-5-2-3-6-12/h4,7-8,12,14,17H,2-3,5-6,9-11H2,1H3. The minimum absolute atomic E-state index is 0.445. The van der Waals surface area contributed by atoms with E-state index in [-0.39, 0.29) is 0 Å². The monoisotopic (exact) mass is 261 g/mol. The van der Waals surface area contributed by atoms with Gasteiger partial charge in [0.15, 0.2) is 11.5 Å². The molecule has 1 aliphatic heterocycles. The molecule has 1 fully saturated rings. The molecular formula is C16H23NO2. The van der Waals surface area contributed by atoms with Crippen molar-refractivity contribution in [3.05, 3.63) is 23.8 Å². The number of benzene rings is 1. The zero-order chi connectivity index (χ0) is 13.1. The number of hydrogen-bond acceptors (Lipinski definition) is 3. The lowest BCUT2D eigenvalue weighted by atomic mass is 10.0. The average molecular weight is 261 g/mol. The van der Waals surface area contributed by atoms with Crippen LogP contribution in [0.5, 0.6) is 11.5 Å². The zero-order valence-electron chi connectivity index (χ0n) is 11.7. The molecular weight excluding hydrogens is 238 g/mol. The van der Waals surface area contributed by atoms with Crippen molar-refractivity contribution in [2.45, 2.75) is 38.1 Å². The highest BCUT2D eigenvalue weighted by Crippen LogP contribution is 2.34. The van der Waals surface area contributed by atoms with Crippen molar-refractivity contribution in [1.29, 1.82) is 0 Å². The van der Waals surface area contributed by atoms with Gasteiger partial charge in [-0.25, -0.2) is 0 Å². The largest absolute Gasteiger partial charge is 0.493 e. The van der Waals surface area contributed by atoms with Crippen LogP contribution in [0.1, 0.15) is 31.2 Å². The van der Waals surface area contributed by atoms with Crippen LogP contribution >= 0.6 is 0 Å². The van der Waals surface area contributed by atoms with Crippen LogP contribution in [-0.2, 0) is 6.42 Å². The van der Waals surface area contributed by atoms with Crippen molar-refractivity contribution in [3.63, 3.8) is 0 Å². The van der Waals surface area contributed by atoms with Crippen LogP contribution < -0.4 is 14.8 Å². The van der Waals surface area contributed by atoms with E-state index >= 15 is 0 Å². The molecule has 1 atom stereocenters. The third kappa shape index (κ3) is 2.86. The van der Waals surface area contributed by atoms with Crippen LogP contribution in [0.15, 0.2) is 18.2 Å². The van der Waals surface area contributed by atoms with Gasteiger partial charge in [0.1, 0.15) is 6.61 Å². The molecule has 1 aromatic carbocycles. The summed E-state index contributed by atoms with van der Waals surface area (Å²) >= 11 is 0. The number of para-hydroxylation sites is 1. The number of fused-ring (bicyclic) bond motifs is 1. The summed E-state index contributed by atoms with van der Waals surface area (Å²) in [5, 5.41) is 3.68. The van der Waals surface area contributed by atoms with E-state index in [1.165, 1.54) is 31.2 Å². The highest BCUT2D eigenvalue weighted by atomic mass is 16.5. The summed E-state index contributed by atoms with van der Waals surface area (Å²) < 4.78 is 11.2. The van der Waals surface area contributed by atoms with Crippen molar-refractivity contribution < 1.29 is 9.47 Å². The van der Waals surface area contributed by atoms with Gasteiger partial charge in [0, 0.05) is 6.04 Å². The van der Waals surface area contributed by atoms with Crippen molar-refractivity contribution in [2.24, 2.45) is 5.92 Å². The lowest BCUT2D eigenvalue weighted by Gasteiger charge is -2.28. The molecule has 0 saturated heterocycles. The van der Waals surface area contributed by atoms with Crippen LogP contribution in [0.2, 0.25) is 0 Å². The molecule has 1 aliphatic carbocycles. The second-order valence-corrected chi connectivity index (χ2v) is 5.72. The highest BCUT2D eigenvalue weighted by molar-refractivity contribution is 5.48. The SMILES string of the molecule is COc1cccc2c1OCC(NCC1CCCC1)C2. The summed E-state index contributed by atoms with van der Waals surface area (Å²) in [7, 11) is 1.70. The Morgan fingerprint density at radius 3 is 2.95 bits per heavy atom. The molecule has 0 amide bonds. The maximum Gasteiger partial charge on any atom is 0.164 e. The van der Waals surface area contributed by atoms with Gasteiger partial charge < -0.3 is 14.8 Å². The van der Waals surface area contributed by atoms with E-state index in [2.05, 4.69) is 11.4 Å². The summed E-state index contributed by atoms with van der Waals surface area (Å²) in [6, 6.07) is 6.59. The Labute approximate surface area is 115 Å². The molecule has 0 spiro atoms. The van der Waals surface area contributed by atoms with Crippen molar-refractivity contribution in [2.75, 3.05) is 20.3 Å². The molecule has 1 N–H and O–H groups in total. The van der Waals surface area contributed by atoms with Gasteiger partial charge in [-0.2, -0.15) is 0 Å². The molecule has 0 aromatic heterocycles. The fraction of sp³-hybridized carbons (Fsp3) is 0.625. The van der Waals surface area contributed by atoms with Gasteiger partial charge in [-0.1, -0.05) is 25.0 Å². The maximum atomic E-state index is 5.89. The normalized spacial score (nSPS) is 22.9. The van der Waals surface area contributed by atoms with E-state index in [4.69, 9.17) is 9.47 Å². The van der Waals surface area contributed by atoms with Crippen molar-refractivity contribution >= 4 is 0 Å². The number of nitrogens with one attached hydrogen (secondary N) is 1. The third-order valence-electron chi connectivity index (χ3n) is 4.35. The molecule has 3 rings (SSSR count). The van der Waals surface area contributed by atoms with E-state index in [9.17, 15) is 0 Å². The van der Waals surface area contributed by atoms with Gasteiger partial charge in [0.25, 0.3) is 0 Å². The van der Waals surface area contributed by atoms with Crippen molar-refractivity contribution in [3.8, 4) is 11.5 Å². The molecule has 2 aliphatic rings. The van der Waals surface area contributed by atoms with E-state index in [0.29, 0.717) is 6.04 Å². The van der Waals surface area contributed by atoms with Gasteiger partial charge in [-0.3, -0.25) is 0 Å². The van der Waals surface area contributed by atoms with Gasteiger partial charge in [0.2, 0.25) is 0 Å². The predicted molar refractivity (Wildman–Crippen MR) is 75.9 cm³/mol. The van der Waals surface area contributed by atoms with E-state index < -0.39 is 0 Å². The first-order valence-electron chi connectivity index (χ1n) is 7.39. The Morgan fingerprint density at radius 1 is 1.32 bits per heavy atom. The van der Waals surface area contributed by atoms with Crippen LogP contribution in [0.4, 0.5) is 0 Å². The number of ether oxygens (including phenoxy) is 2. The van der Waals surface area contributed by atoms with Crippen molar-refractivity contribution in [1.82, 2.24) is 5.32 Å². The molecule has 0 radical (unpaired) electrons. The first-order valence-corrected chi connectivity index (χ1v) is 7.39. The first kappa shape index (κ1) is 12.8. The number of hydrogen-bond donors (Lipinski definition) is 1. The molecule has 1 aromatic rings. The van der Waals surface area contributed by atoms with Crippen LogP contribution in [-0.4, -0.2) is 26.3 Å². The maximum absolute atomic E-state index is 5.89. The lowest BCUT2D eigenvalue weighted by Crippen LogP contribution is -2.41. The zero-order valence-corrected chi connectivity index (χ0v) is 11.7. The number of methoxy groups -OCH3 is 1. The number of rotatable bonds is 4. The summed E-state index contributed by atoms with van der Waals surface area (Å²) in [5.74, 6) is 2.67. The van der Waals surface area contributed by atoms with Crippen LogP contribution in [0.25, 0.3) is 0 Å². The Hall–Kier alpha value is -1.22. The minimum atomic E-state index is 0.445. The lowest BCUT2D eigenvalue weighted by molar-refractivity contribution is 0.223. The van der Waals surface area contributed by atoms with E-state index in [1.54, 1.807) is 7.11 Å². The van der Waals surface area contributed by atoms with Gasteiger partial charge in [0.05, 0.1) is 7.11 Å². The van der Waals surface area contributed by atoms with Gasteiger partial charge in [-0.15, -0.1) is 0 Å². The fourth-order valence-corrected chi connectivity index (χ4v) is 3.23. The Bertz CT molecular complexity index is 427. The third-order valence-corrected chi connectivity index (χ3v) is 4.35. The second kappa shape index (κ2) is 5.83.